The lowest BCUT2D eigenvalue weighted by Crippen LogP contribution is -2.68. The van der Waals surface area contributed by atoms with Crippen molar-refractivity contribution >= 4 is 21.4 Å². The van der Waals surface area contributed by atoms with Gasteiger partial charge in [-0.1, -0.05) is 65.0 Å². The van der Waals surface area contributed by atoms with Gasteiger partial charge in [0.25, 0.3) is 0 Å². The van der Waals surface area contributed by atoms with Crippen molar-refractivity contribution in [3.05, 3.63) is 53.6 Å². The summed E-state index contributed by atoms with van der Waals surface area (Å²) in [6.07, 6.45) is 14.5. The number of rotatable bonds is 7. The number of benzene rings is 1. The lowest BCUT2D eigenvalue weighted by molar-refractivity contribution is -0.219. The number of aromatic carboxylic acids is 1. The summed E-state index contributed by atoms with van der Waals surface area (Å²) in [7, 11) is -3.01. The van der Waals surface area contributed by atoms with Crippen molar-refractivity contribution in [1.82, 2.24) is 5.32 Å². The Balaban J connectivity index is 1.33. The smallest absolute Gasteiger partial charge is 0.335 e. The number of allylic oxidation sites excluding steroid dienone is 3. The first-order chi connectivity index (χ1) is 20.9. The molecular formula is C39H57NO4S. The molecule has 9 atom stereocenters. The van der Waals surface area contributed by atoms with Crippen molar-refractivity contribution in [2.75, 3.05) is 18.6 Å². The van der Waals surface area contributed by atoms with Gasteiger partial charge in [-0.3, -0.25) is 0 Å². The summed E-state index contributed by atoms with van der Waals surface area (Å²) in [5.41, 5.74) is 4.89. The molecule has 4 saturated carbocycles. The third kappa shape index (κ3) is 4.93. The van der Waals surface area contributed by atoms with Gasteiger partial charge in [0.2, 0.25) is 0 Å². The van der Waals surface area contributed by atoms with Crippen LogP contribution in [-0.2, 0) is 9.84 Å². The second-order valence-corrected chi connectivity index (χ2v) is 19.6. The first kappa shape index (κ1) is 33.0. The van der Waals surface area contributed by atoms with E-state index in [1.54, 1.807) is 12.1 Å². The molecule has 0 radical (unpaired) electrons. The number of hydrogen-bond acceptors (Lipinski definition) is 4. The van der Waals surface area contributed by atoms with Crippen LogP contribution in [0.2, 0.25) is 0 Å². The highest BCUT2D eigenvalue weighted by atomic mass is 32.2. The highest BCUT2D eigenvalue weighted by Gasteiger charge is 2.70. The van der Waals surface area contributed by atoms with Gasteiger partial charge in [-0.25, -0.2) is 13.2 Å². The second-order valence-electron chi connectivity index (χ2n) is 17.3. The molecule has 248 valence electrons. The molecule has 1 aromatic carbocycles. The summed E-state index contributed by atoms with van der Waals surface area (Å²) in [5.74, 6) is 2.16. The van der Waals surface area contributed by atoms with Gasteiger partial charge in [0.15, 0.2) is 0 Å². The number of carbonyl (C=O) groups is 1. The summed E-state index contributed by atoms with van der Waals surface area (Å²) in [6, 6.07) is 7.53. The van der Waals surface area contributed by atoms with Crippen LogP contribution in [-0.4, -0.2) is 43.6 Å². The maximum absolute atomic E-state index is 12.1. The van der Waals surface area contributed by atoms with Crippen LogP contribution >= 0.6 is 0 Å². The van der Waals surface area contributed by atoms with Gasteiger partial charge in [-0.2, -0.15) is 0 Å². The fourth-order valence-corrected chi connectivity index (χ4v) is 13.3. The van der Waals surface area contributed by atoms with E-state index in [4.69, 9.17) is 0 Å². The molecule has 0 saturated heterocycles. The molecule has 45 heavy (non-hydrogen) atoms. The van der Waals surface area contributed by atoms with Crippen molar-refractivity contribution in [1.29, 1.82) is 0 Å². The van der Waals surface area contributed by atoms with Gasteiger partial charge < -0.3 is 10.4 Å². The fraction of sp³-hybridized carbons (Fsp3) is 0.718. The molecule has 6 rings (SSSR count). The van der Waals surface area contributed by atoms with Crippen molar-refractivity contribution in [2.45, 2.75) is 105 Å². The molecular weight excluding hydrogens is 578 g/mol. The lowest BCUT2D eigenvalue weighted by atomic mass is 9.33. The third-order valence-electron chi connectivity index (χ3n) is 15.0. The topological polar surface area (TPSA) is 83.5 Å². The Morgan fingerprint density at radius 3 is 2.24 bits per heavy atom. The third-order valence-corrected chi connectivity index (χ3v) is 16.0. The number of fused-ring (bicyclic) bond motifs is 7. The Hall–Kier alpha value is -1.92. The summed E-state index contributed by atoms with van der Waals surface area (Å²) < 4.78 is 24.1. The van der Waals surface area contributed by atoms with Gasteiger partial charge in [0, 0.05) is 18.3 Å². The minimum Gasteiger partial charge on any atom is -0.478 e. The predicted octanol–water partition coefficient (Wildman–Crippen LogP) is 8.42. The SMILES string of the molecule is C=C(C)[C@@H]1CC[C@]2(NCCS(C)(=O)=O)CC[C@]3(C)[C@H](CC[C@@H]4[C@@]5(C)CC=C(c6ccc(C(=O)O)cc6)C(C)(C)[C@@H]5CC[C@]43C)[C@@H]12. The monoisotopic (exact) mass is 635 g/mol. The molecule has 2 N–H and O–H groups in total. The van der Waals surface area contributed by atoms with Crippen LogP contribution in [0.4, 0.5) is 0 Å². The highest BCUT2D eigenvalue weighted by Crippen LogP contribution is 2.76. The fourth-order valence-electron chi connectivity index (χ4n) is 12.8. The largest absolute Gasteiger partial charge is 0.478 e. The van der Waals surface area contributed by atoms with Crippen LogP contribution in [0.3, 0.4) is 0 Å². The number of carboxylic acids is 1. The quantitative estimate of drug-likeness (QED) is 0.294. The number of hydrogen-bond donors (Lipinski definition) is 2. The number of nitrogens with one attached hydrogen (secondary N) is 1. The molecule has 0 unspecified atom stereocenters. The first-order valence-corrected chi connectivity index (χ1v) is 19.6. The zero-order valence-electron chi connectivity index (χ0n) is 28.8. The molecule has 0 aromatic heterocycles. The Bertz CT molecular complexity index is 1510. The van der Waals surface area contributed by atoms with E-state index >= 15 is 0 Å². The van der Waals surface area contributed by atoms with Crippen molar-refractivity contribution < 1.29 is 18.3 Å². The summed E-state index contributed by atoms with van der Waals surface area (Å²) in [6.45, 7) is 20.1. The van der Waals surface area contributed by atoms with E-state index in [1.807, 2.05) is 12.1 Å². The zero-order valence-corrected chi connectivity index (χ0v) is 29.7. The maximum atomic E-state index is 12.1. The van der Waals surface area contributed by atoms with E-state index in [0.29, 0.717) is 41.7 Å². The number of sulfone groups is 1. The molecule has 5 nitrogen and oxygen atoms in total. The second kappa shape index (κ2) is 10.8. The highest BCUT2D eigenvalue weighted by molar-refractivity contribution is 7.90. The van der Waals surface area contributed by atoms with E-state index in [9.17, 15) is 18.3 Å². The van der Waals surface area contributed by atoms with E-state index in [1.165, 1.54) is 49.5 Å². The molecule has 0 bridgehead atoms. The van der Waals surface area contributed by atoms with E-state index in [2.05, 4.69) is 59.5 Å². The minimum absolute atomic E-state index is 0.00141. The Kier molecular flexibility index (Phi) is 7.92. The molecule has 0 spiro atoms. The Labute approximate surface area is 272 Å². The summed E-state index contributed by atoms with van der Waals surface area (Å²) in [4.78, 5) is 11.5. The molecule has 0 amide bonds. The molecule has 5 aliphatic carbocycles. The average molecular weight is 636 g/mol. The van der Waals surface area contributed by atoms with Crippen molar-refractivity contribution in [3.8, 4) is 0 Å². The van der Waals surface area contributed by atoms with Gasteiger partial charge in [-0.15, -0.1) is 0 Å². The molecule has 1 aromatic rings. The average Bonchev–Trinajstić information content (AvgIpc) is 3.32. The zero-order chi connectivity index (χ0) is 32.8. The van der Waals surface area contributed by atoms with Gasteiger partial charge in [0.1, 0.15) is 9.84 Å². The predicted molar refractivity (Wildman–Crippen MR) is 184 cm³/mol. The van der Waals surface area contributed by atoms with Crippen LogP contribution in [0.15, 0.2) is 42.5 Å². The van der Waals surface area contributed by atoms with Crippen molar-refractivity contribution in [2.24, 2.45) is 51.2 Å². The van der Waals surface area contributed by atoms with Gasteiger partial charge >= 0.3 is 5.97 Å². The normalized spacial score (nSPS) is 42.0. The van der Waals surface area contributed by atoms with E-state index in [0.717, 1.165) is 31.2 Å². The van der Waals surface area contributed by atoms with E-state index in [-0.39, 0.29) is 33.0 Å². The Morgan fingerprint density at radius 1 is 0.933 bits per heavy atom. The van der Waals surface area contributed by atoms with E-state index < -0.39 is 15.8 Å². The summed E-state index contributed by atoms with van der Waals surface area (Å²) >= 11 is 0. The first-order valence-electron chi connectivity index (χ1n) is 17.5. The molecule has 6 heteroatoms. The van der Waals surface area contributed by atoms with Crippen molar-refractivity contribution in [3.63, 3.8) is 0 Å². The van der Waals surface area contributed by atoms with Crippen LogP contribution in [0, 0.1) is 51.2 Å². The van der Waals surface area contributed by atoms with Crippen LogP contribution < -0.4 is 5.32 Å². The lowest BCUT2D eigenvalue weighted by Gasteiger charge is -2.72. The van der Waals surface area contributed by atoms with Gasteiger partial charge in [-0.05, 0) is 139 Å². The van der Waals surface area contributed by atoms with Crippen LogP contribution in [0.25, 0.3) is 5.57 Å². The molecule has 4 fully saturated rings. The molecule has 5 aliphatic rings. The Morgan fingerprint density at radius 2 is 1.62 bits per heavy atom. The van der Waals surface area contributed by atoms with Crippen LogP contribution in [0.5, 0.6) is 0 Å². The molecule has 0 heterocycles. The molecule has 0 aliphatic heterocycles. The van der Waals surface area contributed by atoms with Gasteiger partial charge in [0.05, 0.1) is 11.3 Å². The maximum Gasteiger partial charge on any atom is 0.335 e. The summed E-state index contributed by atoms with van der Waals surface area (Å²) in [5, 5.41) is 13.3. The minimum atomic E-state index is -3.01. The van der Waals surface area contributed by atoms with Crippen LogP contribution in [0.1, 0.15) is 115 Å². The standard InChI is InChI=1S/C39H57NO4S/c1-25(2)28-15-20-39(40-23-24-45(8,43)44)22-21-37(6)30(33(28)39)13-14-32-36(5)18-16-29(26-9-11-27(12-10-26)34(41)42)35(3,4)31(36)17-19-38(32,37)7/h9-12,16,28,30-33,40H,1,13-15,17-24H2,2-8H3,(H,41,42)/t28-,30+,31-,32+,33+,36-,37+,38+,39-/m0/s1. The number of carboxylic acid groups (broad SMARTS) is 1.